The highest BCUT2D eigenvalue weighted by atomic mass is 19.1. The SMILES string of the molecule is C=C(O)/C=C(/F)C(=C)/C=N/N=C/C(C)=C/C=C(\CC)C(=O)O. The second kappa shape index (κ2) is 10.0. The van der Waals surface area contributed by atoms with Crippen molar-refractivity contribution in [2.24, 2.45) is 10.2 Å². The zero-order chi connectivity index (χ0) is 17.1. The highest BCUT2D eigenvalue weighted by molar-refractivity contribution is 5.87. The third kappa shape index (κ3) is 8.42. The van der Waals surface area contributed by atoms with Crippen molar-refractivity contribution in [1.29, 1.82) is 0 Å². The van der Waals surface area contributed by atoms with E-state index in [4.69, 9.17) is 10.2 Å². The molecule has 0 saturated heterocycles. The van der Waals surface area contributed by atoms with Gasteiger partial charge in [0.2, 0.25) is 0 Å². The second-order valence-electron chi connectivity index (χ2n) is 4.26. The Hall–Kier alpha value is -2.76. The van der Waals surface area contributed by atoms with Crippen molar-refractivity contribution in [3.05, 3.63) is 59.7 Å². The molecule has 0 aromatic carbocycles. The van der Waals surface area contributed by atoms with E-state index < -0.39 is 17.6 Å². The summed E-state index contributed by atoms with van der Waals surface area (Å²) < 4.78 is 13.3. The zero-order valence-corrected chi connectivity index (χ0v) is 12.6. The highest BCUT2D eigenvalue weighted by Gasteiger charge is 2.01. The third-order valence-electron chi connectivity index (χ3n) is 2.34. The van der Waals surface area contributed by atoms with Gasteiger partial charge in [0.25, 0.3) is 0 Å². The van der Waals surface area contributed by atoms with Gasteiger partial charge in [-0.05, 0) is 18.9 Å². The molecule has 6 heteroatoms. The summed E-state index contributed by atoms with van der Waals surface area (Å²) in [6.07, 6.45) is 6.78. The van der Waals surface area contributed by atoms with Crippen LogP contribution >= 0.6 is 0 Å². The summed E-state index contributed by atoms with van der Waals surface area (Å²) in [7, 11) is 0. The molecule has 0 aliphatic rings. The second-order valence-corrected chi connectivity index (χ2v) is 4.26. The number of carbonyl (C=O) groups is 1. The van der Waals surface area contributed by atoms with E-state index in [-0.39, 0.29) is 11.1 Å². The average Bonchev–Trinajstić information content (AvgIpc) is 2.42. The van der Waals surface area contributed by atoms with Crippen LogP contribution in [0.15, 0.2) is 69.9 Å². The first-order valence-electron chi connectivity index (χ1n) is 6.39. The van der Waals surface area contributed by atoms with Crippen molar-refractivity contribution in [3.8, 4) is 0 Å². The molecule has 0 aliphatic carbocycles. The molecule has 0 amide bonds. The fourth-order valence-corrected chi connectivity index (χ4v) is 1.14. The van der Waals surface area contributed by atoms with Crippen LogP contribution in [0.5, 0.6) is 0 Å². The first-order valence-corrected chi connectivity index (χ1v) is 6.39. The van der Waals surface area contributed by atoms with Gasteiger partial charge in [-0.15, -0.1) is 0 Å². The predicted molar refractivity (Wildman–Crippen MR) is 86.9 cm³/mol. The summed E-state index contributed by atoms with van der Waals surface area (Å²) in [4.78, 5) is 10.8. The maximum Gasteiger partial charge on any atom is 0.331 e. The summed E-state index contributed by atoms with van der Waals surface area (Å²) in [5.74, 6) is -2.16. The van der Waals surface area contributed by atoms with Crippen molar-refractivity contribution < 1.29 is 19.4 Å². The lowest BCUT2D eigenvalue weighted by molar-refractivity contribution is -0.132. The van der Waals surface area contributed by atoms with Gasteiger partial charge in [-0.2, -0.15) is 10.2 Å². The van der Waals surface area contributed by atoms with Crippen molar-refractivity contribution in [2.45, 2.75) is 20.3 Å². The van der Waals surface area contributed by atoms with Crippen LogP contribution in [0.4, 0.5) is 4.39 Å². The molecule has 5 nitrogen and oxygen atoms in total. The van der Waals surface area contributed by atoms with Gasteiger partial charge in [0, 0.05) is 17.2 Å². The molecule has 0 atom stereocenters. The van der Waals surface area contributed by atoms with Crippen molar-refractivity contribution in [2.75, 3.05) is 0 Å². The molecular weight excluding hydrogens is 287 g/mol. The number of nitrogens with zero attached hydrogens (tertiary/aromatic N) is 2. The minimum Gasteiger partial charge on any atom is -0.508 e. The fourth-order valence-electron chi connectivity index (χ4n) is 1.14. The number of carboxylic acids is 1. The van der Waals surface area contributed by atoms with E-state index in [9.17, 15) is 9.18 Å². The maximum absolute atomic E-state index is 13.3. The van der Waals surface area contributed by atoms with Gasteiger partial charge >= 0.3 is 5.97 Å². The number of halogens is 1. The number of allylic oxidation sites excluding steroid dienone is 6. The van der Waals surface area contributed by atoms with E-state index in [0.717, 1.165) is 12.3 Å². The molecule has 0 rings (SSSR count). The highest BCUT2D eigenvalue weighted by Crippen LogP contribution is 2.09. The Balaban J connectivity index is 4.74. The Morgan fingerprint density at radius 2 is 1.77 bits per heavy atom. The number of aliphatic hydroxyl groups excluding tert-OH is 1. The average molecular weight is 306 g/mol. The van der Waals surface area contributed by atoms with Gasteiger partial charge in [0.05, 0.1) is 12.4 Å². The molecule has 0 saturated carbocycles. The van der Waals surface area contributed by atoms with Crippen LogP contribution in [0.3, 0.4) is 0 Å². The first-order chi connectivity index (χ1) is 10.3. The van der Waals surface area contributed by atoms with Gasteiger partial charge in [-0.3, -0.25) is 0 Å². The number of hydrogen-bond acceptors (Lipinski definition) is 4. The van der Waals surface area contributed by atoms with E-state index in [0.29, 0.717) is 12.0 Å². The molecule has 0 radical (unpaired) electrons. The standard InChI is InChI=1S/C16H19FN2O3/c1-5-14(16(21)22)7-6-11(2)9-18-19-10-12(3)15(17)8-13(4)20/h6-10,20H,3-5H2,1-2H3,(H,21,22)/b11-6+,14-7+,15-8+,18-9+,19-10+. The fraction of sp³-hybridized carbons (Fsp3) is 0.188. The van der Waals surface area contributed by atoms with Crippen LogP contribution in [-0.2, 0) is 4.79 Å². The number of rotatable bonds is 8. The van der Waals surface area contributed by atoms with Crippen LogP contribution in [0, 0.1) is 0 Å². The Kier molecular flexibility index (Phi) is 8.78. The predicted octanol–water partition coefficient (Wildman–Crippen LogP) is 3.89. The van der Waals surface area contributed by atoms with Crippen molar-refractivity contribution >= 4 is 18.4 Å². The van der Waals surface area contributed by atoms with Gasteiger partial charge in [0.1, 0.15) is 11.6 Å². The van der Waals surface area contributed by atoms with Gasteiger partial charge in [-0.1, -0.05) is 32.2 Å². The lowest BCUT2D eigenvalue weighted by Gasteiger charge is -1.94. The number of aliphatic carboxylic acids is 1. The van der Waals surface area contributed by atoms with E-state index >= 15 is 0 Å². The Labute approximate surface area is 128 Å². The van der Waals surface area contributed by atoms with Crippen LogP contribution in [-0.4, -0.2) is 28.6 Å². The molecule has 0 spiro atoms. The van der Waals surface area contributed by atoms with Gasteiger partial charge < -0.3 is 10.2 Å². The molecular formula is C16H19FN2O3. The largest absolute Gasteiger partial charge is 0.508 e. The van der Waals surface area contributed by atoms with Crippen LogP contribution in [0.2, 0.25) is 0 Å². The summed E-state index contributed by atoms with van der Waals surface area (Å²) in [6.45, 7) is 9.99. The van der Waals surface area contributed by atoms with Gasteiger partial charge in [-0.25, -0.2) is 9.18 Å². The molecule has 0 unspecified atom stereocenters. The Bertz CT molecular complexity index is 597. The summed E-state index contributed by atoms with van der Waals surface area (Å²) in [5, 5.41) is 24.9. The Morgan fingerprint density at radius 1 is 1.18 bits per heavy atom. The first kappa shape index (κ1) is 19.2. The minimum absolute atomic E-state index is 0.0620. The molecule has 0 aliphatic heterocycles. The van der Waals surface area contributed by atoms with Crippen molar-refractivity contribution in [3.63, 3.8) is 0 Å². The summed E-state index contributed by atoms with van der Waals surface area (Å²) in [5.41, 5.74) is 0.892. The molecule has 0 bridgehead atoms. The van der Waals surface area contributed by atoms with Crippen molar-refractivity contribution in [1.82, 2.24) is 0 Å². The molecule has 2 N–H and O–H groups in total. The number of aliphatic hydroxyl groups is 1. The van der Waals surface area contributed by atoms with Crippen LogP contribution < -0.4 is 0 Å². The molecule has 0 aromatic heterocycles. The lowest BCUT2D eigenvalue weighted by Crippen LogP contribution is -1.98. The molecule has 0 heterocycles. The van der Waals surface area contributed by atoms with E-state index in [1.54, 1.807) is 19.9 Å². The zero-order valence-electron chi connectivity index (χ0n) is 12.6. The van der Waals surface area contributed by atoms with Crippen LogP contribution in [0.1, 0.15) is 20.3 Å². The number of hydrogen-bond donors (Lipinski definition) is 2. The quantitative estimate of drug-likeness (QED) is 0.235. The maximum atomic E-state index is 13.3. The normalized spacial score (nSPS) is 13.9. The van der Waals surface area contributed by atoms with Crippen LogP contribution in [0.25, 0.3) is 0 Å². The van der Waals surface area contributed by atoms with Gasteiger partial charge in [0.15, 0.2) is 0 Å². The van der Waals surface area contributed by atoms with E-state index in [2.05, 4.69) is 23.4 Å². The molecule has 22 heavy (non-hydrogen) atoms. The van der Waals surface area contributed by atoms with E-state index in [1.165, 1.54) is 12.3 Å². The Morgan fingerprint density at radius 3 is 2.27 bits per heavy atom. The monoisotopic (exact) mass is 306 g/mol. The summed E-state index contributed by atoms with van der Waals surface area (Å²) in [6, 6.07) is 0. The number of carboxylic acid groups (broad SMARTS) is 1. The van der Waals surface area contributed by atoms with E-state index in [1.807, 2.05) is 0 Å². The minimum atomic E-state index is -0.967. The lowest BCUT2D eigenvalue weighted by atomic mass is 10.1. The third-order valence-corrected chi connectivity index (χ3v) is 2.34. The molecule has 118 valence electrons. The smallest absolute Gasteiger partial charge is 0.331 e. The topological polar surface area (TPSA) is 82.2 Å². The molecule has 0 fully saturated rings. The molecule has 0 aromatic rings. The summed E-state index contributed by atoms with van der Waals surface area (Å²) >= 11 is 0.